The average molecular weight is 385 g/mol. The highest BCUT2D eigenvalue weighted by Crippen LogP contribution is 2.17. The molecule has 0 aliphatic rings. The molecular formula is C22H19N5O2. The Morgan fingerprint density at radius 3 is 2.34 bits per heavy atom. The molecule has 7 nitrogen and oxygen atoms in total. The summed E-state index contributed by atoms with van der Waals surface area (Å²) < 4.78 is 5.88. The minimum Gasteiger partial charge on any atom is -0.488 e. The maximum Gasteiger partial charge on any atom is 0.263 e. The van der Waals surface area contributed by atoms with E-state index < -0.39 is 0 Å². The van der Waals surface area contributed by atoms with Crippen LogP contribution in [0, 0.1) is 0 Å². The number of carbonyl (C=O) groups excluding carboxylic acids is 1. The van der Waals surface area contributed by atoms with Crippen molar-refractivity contribution in [3.63, 3.8) is 0 Å². The van der Waals surface area contributed by atoms with Gasteiger partial charge in [0, 0.05) is 5.56 Å². The summed E-state index contributed by atoms with van der Waals surface area (Å²) in [6.45, 7) is 0.439. The molecule has 7 heteroatoms. The smallest absolute Gasteiger partial charge is 0.263 e. The molecule has 0 atom stereocenters. The predicted molar refractivity (Wildman–Crippen MR) is 110 cm³/mol. The van der Waals surface area contributed by atoms with E-state index in [-0.39, 0.29) is 12.5 Å². The molecule has 4 aromatic rings. The second-order valence-corrected chi connectivity index (χ2v) is 6.32. The highest BCUT2D eigenvalue weighted by atomic mass is 16.5. The van der Waals surface area contributed by atoms with Crippen molar-refractivity contribution in [2.75, 3.05) is 0 Å². The number of amides is 1. The Labute approximate surface area is 167 Å². The number of benzene rings is 3. The van der Waals surface area contributed by atoms with Crippen LogP contribution in [0.4, 0.5) is 0 Å². The number of carbonyl (C=O) groups is 1. The van der Waals surface area contributed by atoms with Crippen LogP contribution in [0.5, 0.6) is 5.75 Å². The van der Waals surface area contributed by atoms with Crippen LogP contribution in [-0.2, 0) is 17.9 Å². The first-order valence-electron chi connectivity index (χ1n) is 9.15. The fraction of sp³-hybridized carbons (Fsp3) is 0.0909. The summed E-state index contributed by atoms with van der Waals surface area (Å²) in [5.41, 5.74) is 5.83. The van der Waals surface area contributed by atoms with Gasteiger partial charge in [0.1, 0.15) is 29.9 Å². The van der Waals surface area contributed by atoms with Crippen LogP contribution in [-0.4, -0.2) is 27.1 Å². The first kappa shape index (κ1) is 18.4. The van der Waals surface area contributed by atoms with Gasteiger partial charge in [-0.25, -0.2) is 5.43 Å². The Hall–Kier alpha value is -4.00. The van der Waals surface area contributed by atoms with Gasteiger partial charge in [0.25, 0.3) is 5.91 Å². The number of ether oxygens (including phenoxy) is 1. The maximum absolute atomic E-state index is 12.1. The van der Waals surface area contributed by atoms with Gasteiger partial charge in [-0.1, -0.05) is 54.6 Å². The van der Waals surface area contributed by atoms with Crippen molar-refractivity contribution >= 4 is 23.2 Å². The molecule has 3 aromatic carbocycles. The first-order valence-corrected chi connectivity index (χ1v) is 9.15. The van der Waals surface area contributed by atoms with Crippen molar-refractivity contribution < 1.29 is 9.53 Å². The molecule has 0 aliphatic heterocycles. The monoisotopic (exact) mass is 385 g/mol. The molecule has 0 unspecified atom stereocenters. The van der Waals surface area contributed by atoms with E-state index in [0.29, 0.717) is 12.4 Å². The Morgan fingerprint density at radius 1 is 0.931 bits per heavy atom. The Morgan fingerprint density at radius 2 is 1.59 bits per heavy atom. The SMILES string of the molecule is O=C(Cn1nc2ccccc2n1)N/N=C\c1ccccc1OCc1ccccc1. The van der Waals surface area contributed by atoms with Gasteiger partial charge in [-0.05, 0) is 29.8 Å². The number of para-hydroxylation sites is 1. The Kier molecular flexibility index (Phi) is 5.57. The third-order valence-corrected chi connectivity index (χ3v) is 4.16. The van der Waals surface area contributed by atoms with Gasteiger partial charge in [0.15, 0.2) is 0 Å². The van der Waals surface area contributed by atoms with Gasteiger partial charge in [-0.3, -0.25) is 4.79 Å². The molecule has 144 valence electrons. The van der Waals surface area contributed by atoms with Crippen LogP contribution in [0.15, 0.2) is 84.0 Å². The average Bonchev–Trinajstić information content (AvgIpc) is 3.16. The van der Waals surface area contributed by atoms with Crippen LogP contribution >= 0.6 is 0 Å². The van der Waals surface area contributed by atoms with Crippen molar-refractivity contribution in [3.8, 4) is 5.75 Å². The maximum atomic E-state index is 12.1. The summed E-state index contributed by atoms with van der Waals surface area (Å²) in [7, 11) is 0. The normalized spacial score (nSPS) is 11.0. The lowest BCUT2D eigenvalue weighted by atomic mass is 10.2. The molecule has 4 rings (SSSR count). The second-order valence-electron chi connectivity index (χ2n) is 6.32. The van der Waals surface area contributed by atoms with E-state index >= 15 is 0 Å². The highest BCUT2D eigenvalue weighted by Gasteiger charge is 2.06. The fourth-order valence-corrected chi connectivity index (χ4v) is 2.77. The van der Waals surface area contributed by atoms with E-state index in [1.54, 1.807) is 6.21 Å². The van der Waals surface area contributed by atoms with Gasteiger partial charge < -0.3 is 4.74 Å². The lowest BCUT2D eigenvalue weighted by molar-refractivity contribution is -0.122. The van der Waals surface area contributed by atoms with Crippen molar-refractivity contribution in [2.45, 2.75) is 13.2 Å². The fourth-order valence-electron chi connectivity index (χ4n) is 2.77. The number of hydrazone groups is 1. The summed E-state index contributed by atoms with van der Waals surface area (Å²) in [5.74, 6) is 0.374. The molecule has 0 aliphatic carbocycles. The molecule has 1 aromatic heterocycles. The molecule has 0 fully saturated rings. The molecule has 1 N–H and O–H groups in total. The third kappa shape index (κ3) is 4.84. The van der Waals surface area contributed by atoms with Crippen LogP contribution in [0.3, 0.4) is 0 Å². The van der Waals surface area contributed by atoms with Crippen molar-refractivity contribution in [2.24, 2.45) is 5.10 Å². The van der Waals surface area contributed by atoms with Crippen LogP contribution < -0.4 is 10.2 Å². The highest BCUT2D eigenvalue weighted by molar-refractivity contribution is 5.85. The summed E-state index contributed by atoms with van der Waals surface area (Å²) in [6.07, 6.45) is 1.56. The van der Waals surface area contributed by atoms with E-state index in [9.17, 15) is 4.79 Å². The number of nitrogens with one attached hydrogen (secondary N) is 1. The number of nitrogens with zero attached hydrogens (tertiary/aromatic N) is 4. The largest absolute Gasteiger partial charge is 0.488 e. The lowest BCUT2D eigenvalue weighted by Gasteiger charge is -2.09. The van der Waals surface area contributed by atoms with E-state index in [1.807, 2.05) is 78.9 Å². The van der Waals surface area contributed by atoms with E-state index in [4.69, 9.17) is 4.74 Å². The molecule has 0 spiro atoms. The Balaban J connectivity index is 1.35. The molecule has 1 heterocycles. The summed E-state index contributed by atoms with van der Waals surface area (Å²) in [5, 5.41) is 12.6. The van der Waals surface area contributed by atoms with Crippen molar-refractivity contribution in [1.82, 2.24) is 20.4 Å². The number of rotatable bonds is 7. The number of hydrogen-bond donors (Lipinski definition) is 1. The molecular weight excluding hydrogens is 366 g/mol. The topological polar surface area (TPSA) is 81.4 Å². The van der Waals surface area contributed by atoms with Crippen LogP contribution in [0.1, 0.15) is 11.1 Å². The Bertz CT molecular complexity index is 1110. The van der Waals surface area contributed by atoms with Gasteiger partial charge >= 0.3 is 0 Å². The summed E-state index contributed by atoms with van der Waals surface area (Å²) >= 11 is 0. The van der Waals surface area contributed by atoms with Crippen molar-refractivity contribution in [3.05, 3.63) is 90.0 Å². The van der Waals surface area contributed by atoms with E-state index in [2.05, 4.69) is 20.7 Å². The van der Waals surface area contributed by atoms with Crippen molar-refractivity contribution in [1.29, 1.82) is 0 Å². The van der Waals surface area contributed by atoms with Crippen LogP contribution in [0.2, 0.25) is 0 Å². The number of hydrogen-bond acceptors (Lipinski definition) is 5. The molecule has 0 saturated carbocycles. The third-order valence-electron chi connectivity index (χ3n) is 4.16. The van der Waals surface area contributed by atoms with E-state index in [1.165, 1.54) is 4.80 Å². The van der Waals surface area contributed by atoms with Gasteiger partial charge in [-0.15, -0.1) is 0 Å². The van der Waals surface area contributed by atoms with Gasteiger partial charge in [-0.2, -0.15) is 20.1 Å². The minimum absolute atomic E-state index is 0.0157. The van der Waals surface area contributed by atoms with Gasteiger partial charge in [0.05, 0.1) is 6.21 Å². The quantitative estimate of drug-likeness (QED) is 0.391. The molecule has 0 radical (unpaired) electrons. The minimum atomic E-state index is -0.316. The molecule has 0 bridgehead atoms. The standard InChI is InChI=1S/C22H19N5O2/c28-22(15-27-25-19-11-5-6-12-20(19)26-27)24-23-14-18-10-4-7-13-21(18)29-16-17-8-2-1-3-9-17/h1-14H,15-16H2,(H,24,28)/b23-14-. The first-order chi connectivity index (χ1) is 14.3. The van der Waals surface area contributed by atoms with Gasteiger partial charge in [0.2, 0.25) is 0 Å². The molecule has 1 amide bonds. The van der Waals surface area contributed by atoms with E-state index in [0.717, 1.165) is 22.2 Å². The summed E-state index contributed by atoms with van der Waals surface area (Å²) in [6, 6.07) is 24.9. The second kappa shape index (κ2) is 8.79. The number of fused-ring (bicyclic) bond motifs is 1. The zero-order valence-electron chi connectivity index (χ0n) is 15.6. The summed E-state index contributed by atoms with van der Waals surface area (Å²) in [4.78, 5) is 13.5. The molecule has 29 heavy (non-hydrogen) atoms. The zero-order chi connectivity index (χ0) is 19.9. The van der Waals surface area contributed by atoms with Crippen LogP contribution in [0.25, 0.3) is 11.0 Å². The molecule has 0 saturated heterocycles. The lowest BCUT2D eigenvalue weighted by Crippen LogP contribution is -2.24. The zero-order valence-corrected chi connectivity index (χ0v) is 15.6. The number of aromatic nitrogens is 3. The predicted octanol–water partition coefficient (Wildman–Crippen LogP) is 3.16.